The Morgan fingerprint density at radius 1 is 1.00 bits per heavy atom. The summed E-state index contributed by atoms with van der Waals surface area (Å²) in [5, 5.41) is 4.69. The van der Waals surface area contributed by atoms with Crippen molar-refractivity contribution >= 4 is 28.9 Å². The van der Waals surface area contributed by atoms with Crippen LogP contribution in [-0.4, -0.2) is 61.2 Å². The number of aromatic nitrogens is 2. The summed E-state index contributed by atoms with van der Waals surface area (Å²) in [6.07, 6.45) is 0. The summed E-state index contributed by atoms with van der Waals surface area (Å²) in [7, 11) is 3.96. The van der Waals surface area contributed by atoms with Crippen LogP contribution < -0.4 is 9.80 Å². The predicted octanol–water partition coefficient (Wildman–Crippen LogP) is 3.42. The molecule has 0 unspecified atom stereocenters. The van der Waals surface area contributed by atoms with E-state index in [0.29, 0.717) is 23.9 Å². The van der Waals surface area contributed by atoms with E-state index < -0.39 is 0 Å². The number of hydrogen-bond acceptors (Lipinski definition) is 6. The average Bonchev–Trinajstić information content (AvgIpc) is 3.24. The fourth-order valence-corrected chi connectivity index (χ4v) is 3.42. The SMILES string of the molecule is CN(C)c1ccc(-c2noc(C(=O)N3CCN(c4ccc(Cl)cc4)CC3)n2)cc1. The van der Waals surface area contributed by atoms with Crippen LogP contribution in [0.3, 0.4) is 0 Å². The Bertz CT molecular complexity index is 977. The van der Waals surface area contributed by atoms with Gasteiger partial charge in [0, 0.05) is 62.2 Å². The number of carbonyl (C=O) groups excluding carboxylic acids is 1. The number of amides is 1. The molecule has 1 aliphatic rings. The molecule has 1 amide bonds. The molecule has 2 heterocycles. The highest BCUT2D eigenvalue weighted by Gasteiger charge is 2.26. The minimum Gasteiger partial charge on any atom is -0.378 e. The van der Waals surface area contributed by atoms with Crippen molar-refractivity contribution < 1.29 is 9.32 Å². The monoisotopic (exact) mass is 411 g/mol. The van der Waals surface area contributed by atoms with Gasteiger partial charge in [-0.25, -0.2) is 0 Å². The highest BCUT2D eigenvalue weighted by Crippen LogP contribution is 2.22. The quantitative estimate of drug-likeness (QED) is 0.655. The first kappa shape index (κ1) is 19.3. The number of anilines is 2. The Morgan fingerprint density at radius 2 is 1.66 bits per heavy atom. The zero-order chi connectivity index (χ0) is 20.4. The van der Waals surface area contributed by atoms with Gasteiger partial charge in [0.2, 0.25) is 5.82 Å². The lowest BCUT2D eigenvalue weighted by Crippen LogP contribution is -2.48. The fourth-order valence-electron chi connectivity index (χ4n) is 3.29. The van der Waals surface area contributed by atoms with Crippen LogP contribution in [0.2, 0.25) is 5.02 Å². The molecule has 1 aliphatic heterocycles. The molecule has 1 aromatic heterocycles. The molecule has 0 atom stereocenters. The normalized spacial score (nSPS) is 14.2. The molecule has 7 nitrogen and oxygen atoms in total. The van der Waals surface area contributed by atoms with Crippen LogP contribution in [0.1, 0.15) is 10.7 Å². The number of piperazine rings is 1. The minimum absolute atomic E-state index is 0.0247. The third-order valence-electron chi connectivity index (χ3n) is 5.01. The van der Waals surface area contributed by atoms with Crippen LogP contribution in [0.25, 0.3) is 11.4 Å². The summed E-state index contributed by atoms with van der Waals surface area (Å²) < 4.78 is 5.25. The largest absolute Gasteiger partial charge is 0.378 e. The molecule has 0 radical (unpaired) electrons. The number of nitrogens with zero attached hydrogens (tertiary/aromatic N) is 5. The fraction of sp³-hybridized carbons (Fsp3) is 0.286. The predicted molar refractivity (Wildman–Crippen MR) is 114 cm³/mol. The van der Waals surface area contributed by atoms with E-state index in [1.807, 2.05) is 67.5 Å². The van der Waals surface area contributed by atoms with E-state index in [-0.39, 0.29) is 11.8 Å². The van der Waals surface area contributed by atoms with E-state index >= 15 is 0 Å². The molecule has 0 saturated carbocycles. The lowest BCUT2D eigenvalue weighted by Gasteiger charge is -2.35. The van der Waals surface area contributed by atoms with Gasteiger partial charge in [-0.3, -0.25) is 4.79 Å². The molecule has 0 bridgehead atoms. The second kappa shape index (κ2) is 8.13. The van der Waals surface area contributed by atoms with Gasteiger partial charge in [0.1, 0.15) is 0 Å². The summed E-state index contributed by atoms with van der Waals surface area (Å²) >= 11 is 5.95. The summed E-state index contributed by atoms with van der Waals surface area (Å²) in [6.45, 7) is 2.66. The van der Waals surface area contributed by atoms with Crippen molar-refractivity contribution in [3.05, 3.63) is 59.4 Å². The third kappa shape index (κ3) is 4.19. The number of carbonyl (C=O) groups is 1. The van der Waals surface area contributed by atoms with E-state index in [1.165, 1.54) is 0 Å². The molecule has 4 rings (SSSR count). The van der Waals surface area contributed by atoms with Gasteiger partial charge in [0.05, 0.1) is 0 Å². The first-order valence-corrected chi connectivity index (χ1v) is 9.80. The van der Waals surface area contributed by atoms with Crippen molar-refractivity contribution in [2.45, 2.75) is 0 Å². The molecule has 8 heteroatoms. The molecule has 0 spiro atoms. The van der Waals surface area contributed by atoms with Crippen molar-refractivity contribution in [3.63, 3.8) is 0 Å². The number of halogens is 1. The van der Waals surface area contributed by atoms with E-state index in [2.05, 4.69) is 15.0 Å². The molecule has 2 aromatic carbocycles. The van der Waals surface area contributed by atoms with Gasteiger partial charge in [-0.15, -0.1) is 0 Å². The standard InChI is InChI=1S/C21H22ClN5O2/c1-25(2)17-7-3-15(4-8-17)19-23-20(29-24-19)21(28)27-13-11-26(12-14-27)18-9-5-16(22)6-10-18/h3-10H,11-14H2,1-2H3. The molecule has 3 aromatic rings. The molecule has 1 saturated heterocycles. The molecule has 150 valence electrons. The Balaban J connectivity index is 1.40. The maximum Gasteiger partial charge on any atom is 0.316 e. The maximum atomic E-state index is 12.8. The number of hydrogen-bond donors (Lipinski definition) is 0. The van der Waals surface area contributed by atoms with Crippen LogP contribution in [0.5, 0.6) is 0 Å². The maximum absolute atomic E-state index is 12.8. The van der Waals surface area contributed by atoms with Gasteiger partial charge in [-0.05, 0) is 48.5 Å². The zero-order valence-corrected chi connectivity index (χ0v) is 17.1. The van der Waals surface area contributed by atoms with Crippen molar-refractivity contribution in [1.82, 2.24) is 15.0 Å². The second-order valence-corrected chi connectivity index (χ2v) is 7.56. The highest BCUT2D eigenvalue weighted by molar-refractivity contribution is 6.30. The smallest absolute Gasteiger partial charge is 0.316 e. The lowest BCUT2D eigenvalue weighted by atomic mass is 10.2. The lowest BCUT2D eigenvalue weighted by molar-refractivity contribution is 0.0696. The Labute approximate surface area is 174 Å². The highest BCUT2D eigenvalue weighted by atomic mass is 35.5. The van der Waals surface area contributed by atoms with E-state index in [1.54, 1.807) is 4.90 Å². The number of rotatable bonds is 4. The topological polar surface area (TPSA) is 65.7 Å². The molecule has 1 fully saturated rings. The second-order valence-electron chi connectivity index (χ2n) is 7.12. The number of benzene rings is 2. The van der Waals surface area contributed by atoms with E-state index in [4.69, 9.17) is 16.1 Å². The summed E-state index contributed by atoms with van der Waals surface area (Å²) in [6, 6.07) is 15.5. The molecular formula is C21H22ClN5O2. The Morgan fingerprint density at radius 3 is 2.28 bits per heavy atom. The van der Waals surface area contributed by atoms with Crippen molar-refractivity contribution in [1.29, 1.82) is 0 Å². The van der Waals surface area contributed by atoms with Crippen LogP contribution in [0, 0.1) is 0 Å². The van der Waals surface area contributed by atoms with Gasteiger partial charge in [-0.2, -0.15) is 4.98 Å². The van der Waals surface area contributed by atoms with E-state index in [0.717, 1.165) is 30.0 Å². The van der Waals surface area contributed by atoms with Crippen LogP contribution >= 0.6 is 11.6 Å². The minimum atomic E-state index is -0.232. The molecule has 29 heavy (non-hydrogen) atoms. The van der Waals surface area contributed by atoms with Gasteiger partial charge in [0.15, 0.2) is 0 Å². The van der Waals surface area contributed by atoms with Crippen molar-refractivity contribution in [2.75, 3.05) is 50.1 Å². The van der Waals surface area contributed by atoms with Gasteiger partial charge in [0.25, 0.3) is 0 Å². The zero-order valence-electron chi connectivity index (χ0n) is 16.4. The van der Waals surface area contributed by atoms with E-state index in [9.17, 15) is 4.79 Å². The van der Waals surface area contributed by atoms with Gasteiger partial charge in [-0.1, -0.05) is 16.8 Å². The molecule has 0 aliphatic carbocycles. The Hall–Kier alpha value is -3.06. The van der Waals surface area contributed by atoms with Crippen LogP contribution in [-0.2, 0) is 0 Å². The average molecular weight is 412 g/mol. The summed E-state index contributed by atoms with van der Waals surface area (Å²) in [5.41, 5.74) is 2.99. The van der Waals surface area contributed by atoms with Crippen LogP contribution in [0.15, 0.2) is 53.1 Å². The molecular weight excluding hydrogens is 390 g/mol. The first-order valence-electron chi connectivity index (χ1n) is 9.42. The summed E-state index contributed by atoms with van der Waals surface area (Å²) in [4.78, 5) is 23.1. The van der Waals surface area contributed by atoms with Crippen molar-refractivity contribution in [3.8, 4) is 11.4 Å². The summed E-state index contributed by atoms with van der Waals surface area (Å²) in [5.74, 6) is 0.208. The van der Waals surface area contributed by atoms with Crippen molar-refractivity contribution in [2.24, 2.45) is 0 Å². The Kier molecular flexibility index (Phi) is 5.40. The van der Waals surface area contributed by atoms with Gasteiger partial charge >= 0.3 is 11.8 Å². The molecule has 0 N–H and O–H groups in total. The first-order chi connectivity index (χ1) is 14.0. The van der Waals surface area contributed by atoms with Crippen LogP contribution in [0.4, 0.5) is 11.4 Å². The third-order valence-corrected chi connectivity index (χ3v) is 5.26. The van der Waals surface area contributed by atoms with Gasteiger partial charge < -0.3 is 19.2 Å².